The number of hydrogen-bond donors (Lipinski definition) is 1. The Morgan fingerprint density at radius 1 is 1.13 bits per heavy atom. The van der Waals surface area contributed by atoms with Crippen LogP contribution < -0.4 is 15.0 Å². The van der Waals surface area contributed by atoms with E-state index in [1.807, 2.05) is 25.1 Å². The highest BCUT2D eigenvalue weighted by Gasteiger charge is 2.11. The van der Waals surface area contributed by atoms with Gasteiger partial charge in [-0.05, 0) is 19.1 Å². The molecule has 1 N–H and O–H groups in total. The zero-order valence-corrected chi connectivity index (χ0v) is 9.53. The van der Waals surface area contributed by atoms with Crippen molar-refractivity contribution in [3.63, 3.8) is 0 Å². The van der Waals surface area contributed by atoms with Crippen molar-refractivity contribution in [3.05, 3.63) is 23.8 Å². The van der Waals surface area contributed by atoms with Crippen molar-refractivity contribution in [2.24, 2.45) is 0 Å². The van der Waals surface area contributed by atoms with Crippen LogP contribution in [0.3, 0.4) is 0 Å². The van der Waals surface area contributed by atoms with Crippen molar-refractivity contribution in [2.45, 2.75) is 13.0 Å². The molecule has 0 fully saturated rings. The molecule has 84 valence electrons. The minimum Gasteiger partial charge on any atom is -0.497 e. The quantitative estimate of drug-likeness (QED) is 0.755. The highest BCUT2D eigenvalue weighted by molar-refractivity contribution is 5.42. The predicted molar refractivity (Wildman–Crippen MR) is 58.1 cm³/mol. The average Bonchev–Trinajstić information content (AvgIpc) is 2.28. The van der Waals surface area contributed by atoms with E-state index in [9.17, 15) is 0 Å². The molecule has 0 spiro atoms. The van der Waals surface area contributed by atoms with Crippen LogP contribution in [0.4, 0.5) is 0 Å². The Kier molecular flexibility index (Phi) is 4.39. The molecule has 0 bridgehead atoms. The van der Waals surface area contributed by atoms with Gasteiger partial charge in [0.1, 0.15) is 11.5 Å². The Hall–Kier alpha value is -1.26. The second kappa shape index (κ2) is 5.58. The Balaban J connectivity index is 2.96. The van der Waals surface area contributed by atoms with E-state index in [0.717, 1.165) is 17.1 Å². The lowest BCUT2D eigenvalue weighted by molar-refractivity contribution is 0.0651. The maximum atomic E-state index is 5.28. The van der Waals surface area contributed by atoms with Crippen molar-refractivity contribution in [3.8, 4) is 11.5 Å². The largest absolute Gasteiger partial charge is 0.497 e. The molecule has 0 radical (unpaired) electrons. The molecule has 1 unspecified atom stereocenters. The third-order valence-corrected chi connectivity index (χ3v) is 2.20. The van der Waals surface area contributed by atoms with Gasteiger partial charge in [-0.2, -0.15) is 5.48 Å². The van der Waals surface area contributed by atoms with Gasteiger partial charge in [-0.1, -0.05) is 0 Å². The summed E-state index contributed by atoms with van der Waals surface area (Å²) < 4.78 is 10.4. The van der Waals surface area contributed by atoms with Gasteiger partial charge in [-0.15, -0.1) is 0 Å². The molecule has 0 heterocycles. The highest BCUT2D eigenvalue weighted by atomic mass is 16.6. The van der Waals surface area contributed by atoms with Crippen LogP contribution >= 0.6 is 0 Å². The number of ether oxygens (including phenoxy) is 2. The standard InChI is InChI=1S/C11H17NO3/c1-8(12-15-4)10-6-5-9(13-2)7-11(10)14-3/h5-8,12H,1-4H3. The van der Waals surface area contributed by atoms with Crippen LogP contribution in [0, 0.1) is 0 Å². The van der Waals surface area contributed by atoms with Crippen molar-refractivity contribution < 1.29 is 14.3 Å². The Bertz CT molecular complexity index is 315. The van der Waals surface area contributed by atoms with Gasteiger partial charge < -0.3 is 14.3 Å². The molecular formula is C11H17NO3. The molecule has 1 rings (SSSR count). The lowest BCUT2D eigenvalue weighted by atomic mass is 10.1. The van der Waals surface area contributed by atoms with Crippen LogP contribution in [-0.4, -0.2) is 21.3 Å². The third-order valence-electron chi connectivity index (χ3n) is 2.20. The number of rotatable bonds is 5. The van der Waals surface area contributed by atoms with Gasteiger partial charge in [0.2, 0.25) is 0 Å². The van der Waals surface area contributed by atoms with Crippen LogP contribution in [0.25, 0.3) is 0 Å². The Labute approximate surface area is 90.1 Å². The first-order valence-corrected chi connectivity index (χ1v) is 4.73. The summed E-state index contributed by atoms with van der Waals surface area (Å²) >= 11 is 0. The molecule has 4 heteroatoms. The lowest BCUT2D eigenvalue weighted by Gasteiger charge is -2.16. The van der Waals surface area contributed by atoms with Gasteiger partial charge in [0.05, 0.1) is 27.4 Å². The van der Waals surface area contributed by atoms with E-state index >= 15 is 0 Å². The molecule has 0 saturated heterocycles. The summed E-state index contributed by atoms with van der Waals surface area (Å²) in [6.45, 7) is 1.99. The van der Waals surface area contributed by atoms with Gasteiger partial charge in [0.15, 0.2) is 0 Å². The van der Waals surface area contributed by atoms with Gasteiger partial charge >= 0.3 is 0 Å². The highest BCUT2D eigenvalue weighted by Crippen LogP contribution is 2.29. The third kappa shape index (κ3) is 2.84. The van der Waals surface area contributed by atoms with Gasteiger partial charge in [0.25, 0.3) is 0 Å². The van der Waals surface area contributed by atoms with E-state index in [4.69, 9.17) is 14.3 Å². The first-order valence-electron chi connectivity index (χ1n) is 4.73. The van der Waals surface area contributed by atoms with Crippen LogP contribution in [0.1, 0.15) is 18.5 Å². The van der Waals surface area contributed by atoms with E-state index in [1.165, 1.54) is 0 Å². The summed E-state index contributed by atoms with van der Waals surface area (Å²) in [6, 6.07) is 5.76. The average molecular weight is 211 g/mol. The molecule has 4 nitrogen and oxygen atoms in total. The number of hydroxylamine groups is 1. The van der Waals surface area contributed by atoms with E-state index < -0.39 is 0 Å². The first-order chi connectivity index (χ1) is 7.22. The summed E-state index contributed by atoms with van der Waals surface area (Å²) in [6.07, 6.45) is 0. The van der Waals surface area contributed by atoms with E-state index in [-0.39, 0.29) is 6.04 Å². The minimum atomic E-state index is 0.0656. The Morgan fingerprint density at radius 2 is 1.87 bits per heavy atom. The zero-order valence-electron chi connectivity index (χ0n) is 9.53. The maximum Gasteiger partial charge on any atom is 0.127 e. The number of hydrogen-bond acceptors (Lipinski definition) is 4. The fraction of sp³-hybridized carbons (Fsp3) is 0.455. The van der Waals surface area contributed by atoms with E-state index in [1.54, 1.807) is 21.3 Å². The van der Waals surface area contributed by atoms with Gasteiger partial charge in [0, 0.05) is 11.6 Å². The molecule has 0 aliphatic heterocycles. The van der Waals surface area contributed by atoms with Crippen molar-refractivity contribution >= 4 is 0 Å². The molecule has 0 amide bonds. The molecule has 0 aromatic heterocycles. The fourth-order valence-corrected chi connectivity index (χ4v) is 1.42. The number of benzene rings is 1. The summed E-state index contributed by atoms with van der Waals surface area (Å²) in [7, 11) is 4.86. The fourth-order valence-electron chi connectivity index (χ4n) is 1.42. The number of methoxy groups -OCH3 is 2. The van der Waals surface area contributed by atoms with Crippen molar-refractivity contribution in [1.29, 1.82) is 0 Å². The molecule has 1 aromatic carbocycles. The lowest BCUT2D eigenvalue weighted by Crippen LogP contribution is -2.17. The SMILES string of the molecule is CONC(C)c1ccc(OC)cc1OC. The molecule has 0 aliphatic rings. The monoisotopic (exact) mass is 211 g/mol. The summed E-state index contributed by atoms with van der Waals surface area (Å²) in [5.41, 5.74) is 3.88. The molecule has 0 aliphatic carbocycles. The van der Waals surface area contributed by atoms with Crippen LogP contribution in [0.15, 0.2) is 18.2 Å². The Morgan fingerprint density at radius 3 is 2.40 bits per heavy atom. The minimum absolute atomic E-state index is 0.0656. The first kappa shape index (κ1) is 11.8. The van der Waals surface area contributed by atoms with Gasteiger partial charge in [-0.25, -0.2) is 0 Å². The normalized spacial score (nSPS) is 12.3. The second-order valence-corrected chi connectivity index (χ2v) is 3.15. The van der Waals surface area contributed by atoms with E-state index in [2.05, 4.69) is 5.48 Å². The smallest absolute Gasteiger partial charge is 0.127 e. The van der Waals surface area contributed by atoms with Gasteiger partial charge in [-0.3, -0.25) is 0 Å². The summed E-state index contributed by atoms with van der Waals surface area (Å²) in [4.78, 5) is 4.88. The molecule has 1 aromatic rings. The zero-order chi connectivity index (χ0) is 11.3. The van der Waals surface area contributed by atoms with Crippen LogP contribution in [-0.2, 0) is 4.84 Å². The summed E-state index contributed by atoms with van der Waals surface area (Å²) in [5, 5.41) is 0. The van der Waals surface area contributed by atoms with Crippen LogP contribution in [0.2, 0.25) is 0 Å². The number of nitrogens with one attached hydrogen (secondary N) is 1. The van der Waals surface area contributed by atoms with Crippen molar-refractivity contribution in [1.82, 2.24) is 5.48 Å². The van der Waals surface area contributed by atoms with Crippen molar-refractivity contribution in [2.75, 3.05) is 21.3 Å². The second-order valence-electron chi connectivity index (χ2n) is 3.15. The molecule has 1 atom stereocenters. The topological polar surface area (TPSA) is 39.7 Å². The summed E-state index contributed by atoms with van der Waals surface area (Å²) in [5.74, 6) is 1.56. The molecular weight excluding hydrogens is 194 g/mol. The molecule has 15 heavy (non-hydrogen) atoms. The predicted octanol–water partition coefficient (Wildman–Crippen LogP) is 1.92. The molecule has 0 saturated carbocycles. The van der Waals surface area contributed by atoms with Crippen LogP contribution in [0.5, 0.6) is 11.5 Å². The van der Waals surface area contributed by atoms with E-state index in [0.29, 0.717) is 0 Å². The maximum absolute atomic E-state index is 5.28.